The number of anilines is 2. The molecule has 2 heterocycles. The van der Waals surface area contributed by atoms with Crippen molar-refractivity contribution in [2.45, 2.75) is 39.2 Å². The molecule has 0 unspecified atom stereocenters. The summed E-state index contributed by atoms with van der Waals surface area (Å²) >= 11 is 0. The standard InChI is InChI=1S/C13H20N8/c1-3-7-20(10-5-6-10)12-17-11(15-4-2)18-13(19-12)21-9-14-8-16-21/h8-10H,3-7H2,1-2H3,(H,15,17,18,19). The van der Waals surface area contributed by atoms with Crippen LogP contribution in [0.15, 0.2) is 12.7 Å². The molecule has 0 amide bonds. The van der Waals surface area contributed by atoms with E-state index < -0.39 is 0 Å². The SMILES string of the molecule is CCCN(c1nc(NCC)nc(-n2cncn2)n1)C1CC1. The molecular weight excluding hydrogens is 268 g/mol. The van der Waals surface area contributed by atoms with Crippen molar-refractivity contribution >= 4 is 11.9 Å². The lowest BCUT2D eigenvalue weighted by Gasteiger charge is -2.22. The van der Waals surface area contributed by atoms with Crippen molar-refractivity contribution in [3.63, 3.8) is 0 Å². The average Bonchev–Trinajstić information content (AvgIpc) is 3.17. The lowest BCUT2D eigenvalue weighted by atomic mass is 10.4. The molecule has 0 radical (unpaired) electrons. The first-order valence-electron chi connectivity index (χ1n) is 7.43. The van der Waals surface area contributed by atoms with E-state index in [0.29, 0.717) is 17.9 Å². The Labute approximate surface area is 123 Å². The minimum absolute atomic E-state index is 0.496. The molecular formula is C13H20N8. The van der Waals surface area contributed by atoms with Gasteiger partial charge in [-0.2, -0.15) is 24.7 Å². The molecule has 8 heteroatoms. The number of hydrogen-bond donors (Lipinski definition) is 1. The van der Waals surface area contributed by atoms with Gasteiger partial charge in [0.15, 0.2) is 0 Å². The molecule has 0 aliphatic heterocycles. The molecule has 1 fully saturated rings. The highest BCUT2D eigenvalue weighted by Gasteiger charge is 2.31. The average molecular weight is 288 g/mol. The molecule has 0 aromatic carbocycles. The minimum Gasteiger partial charge on any atom is -0.354 e. The first kappa shape index (κ1) is 13.7. The van der Waals surface area contributed by atoms with Crippen molar-refractivity contribution < 1.29 is 0 Å². The second kappa shape index (κ2) is 6.02. The molecule has 2 aromatic heterocycles. The zero-order valence-corrected chi connectivity index (χ0v) is 12.4. The second-order valence-corrected chi connectivity index (χ2v) is 5.05. The summed E-state index contributed by atoms with van der Waals surface area (Å²) in [6, 6.07) is 0.561. The lowest BCUT2D eigenvalue weighted by molar-refractivity contribution is 0.715. The van der Waals surface area contributed by atoms with Crippen LogP contribution in [0.1, 0.15) is 33.1 Å². The lowest BCUT2D eigenvalue weighted by Crippen LogP contribution is -2.29. The normalized spacial score (nSPS) is 14.2. The van der Waals surface area contributed by atoms with E-state index in [2.05, 4.69) is 42.2 Å². The van der Waals surface area contributed by atoms with Gasteiger partial charge in [-0.1, -0.05) is 6.92 Å². The highest BCUT2D eigenvalue weighted by molar-refractivity contribution is 5.41. The summed E-state index contributed by atoms with van der Waals surface area (Å²) in [5.74, 6) is 1.79. The van der Waals surface area contributed by atoms with Gasteiger partial charge < -0.3 is 10.2 Å². The summed E-state index contributed by atoms with van der Waals surface area (Å²) in [7, 11) is 0. The largest absolute Gasteiger partial charge is 0.354 e. The summed E-state index contributed by atoms with van der Waals surface area (Å²) < 4.78 is 1.56. The van der Waals surface area contributed by atoms with Crippen molar-refractivity contribution in [1.29, 1.82) is 0 Å². The van der Waals surface area contributed by atoms with Crippen LogP contribution < -0.4 is 10.2 Å². The number of aromatic nitrogens is 6. The van der Waals surface area contributed by atoms with E-state index in [1.54, 1.807) is 11.0 Å². The van der Waals surface area contributed by atoms with E-state index in [-0.39, 0.29) is 0 Å². The Morgan fingerprint density at radius 3 is 2.76 bits per heavy atom. The van der Waals surface area contributed by atoms with E-state index in [9.17, 15) is 0 Å². The molecule has 0 spiro atoms. The Morgan fingerprint density at radius 1 is 1.29 bits per heavy atom. The predicted octanol–water partition coefficient (Wildman–Crippen LogP) is 1.26. The van der Waals surface area contributed by atoms with Gasteiger partial charge in [0.25, 0.3) is 5.95 Å². The quantitative estimate of drug-likeness (QED) is 0.821. The minimum atomic E-state index is 0.496. The van der Waals surface area contributed by atoms with Crippen LogP contribution in [0.5, 0.6) is 0 Å². The Balaban J connectivity index is 1.97. The number of nitrogens with zero attached hydrogens (tertiary/aromatic N) is 7. The highest BCUT2D eigenvalue weighted by atomic mass is 15.4. The van der Waals surface area contributed by atoms with Crippen LogP contribution >= 0.6 is 0 Å². The Bertz CT molecular complexity index is 578. The van der Waals surface area contributed by atoms with Crippen molar-refractivity contribution in [3.8, 4) is 5.95 Å². The van der Waals surface area contributed by atoms with E-state index in [1.807, 2.05) is 6.92 Å². The van der Waals surface area contributed by atoms with Crippen LogP contribution in [-0.4, -0.2) is 48.8 Å². The molecule has 0 bridgehead atoms. The summed E-state index contributed by atoms with van der Waals surface area (Å²) in [5.41, 5.74) is 0. The highest BCUT2D eigenvalue weighted by Crippen LogP contribution is 2.30. The van der Waals surface area contributed by atoms with Gasteiger partial charge in [-0.05, 0) is 26.2 Å². The Morgan fingerprint density at radius 2 is 2.14 bits per heavy atom. The molecule has 8 nitrogen and oxygen atoms in total. The molecule has 1 aliphatic carbocycles. The number of rotatable bonds is 7. The van der Waals surface area contributed by atoms with Crippen molar-refractivity contribution in [3.05, 3.63) is 12.7 Å². The zero-order chi connectivity index (χ0) is 14.7. The van der Waals surface area contributed by atoms with Crippen LogP contribution in [0, 0.1) is 0 Å². The summed E-state index contributed by atoms with van der Waals surface area (Å²) in [6.07, 6.45) is 6.55. The summed E-state index contributed by atoms with van der Waals surface area (Å²) in [6.45, 7) is 5.90. The van der Waals surface area contributed by atoms with Gasteiger partial charge in [0, 0.05) is 19.1 Å². The third-order valence-corrected chi connectivity index (χ3v) is 3.28. The third-order valence-electron chi connectivity index (χ3n) is 3.28. The zero-order valence-electron chi connectivity index (χ0n) is 12.4. The molecule has 3 rings (SSSR count). The maximum Gasteiger partial charge on any atom is 0.258 e. The number of hydrogen-bond acceptors (Lipinski definition) is 7. The molecule has 2 aromatic rings. The van der Waals surface area contributed by atoms with Crippen LogP contribution in [0.25, 0.3) is 5.95 Å². The molecule has 0 atom stereocenters. The van der Waals surface area contributed by atoms with E-state index in [4.69, 9.17) is 0 Å². The van der Waals surface area contributed by atoms with Gasteiger partial charge in [0.05, 0.1) is 0 Å². The summed E-state index contributed by atoms with van der Waals surface area (Å²) in [4.78, 5) is 19.7. The van der Waals surface area contributed by atoms with Crippen LogP contribution in [-0.2, 0) is 0 Å². The fraction of sp³-hybridized carbons (Fsp3) is 0.615. The van der Waals surface area contributed by atoms with E-state index in [1.165, 1.54) is 19.2 Å². The van der Waals surface area contributed by atoms with E-state index >= 15 is 0 Å². The molecule has 0 saturated heterocycles. The fourth-order valence-electron chi connectivity index (χ4n) is 2.21. The molecule has 1 N–H and O–H groups in total. The van der Waals surface area contributed by atoms with Gasteiger partial charge in [-0.3, -0.25) is 0 Å². The first-order valence-corrected chi connectivity index (χ1v) is 7.43. The van der Waals surface area contributed by atoms with Crippen LogP contribution in [0.4, 0.5) is 11.9 Å². The maximum atomic E-state index is 4.56. The molecule has 112 valence electrons. The monoisotopic (exact) mass is 288 g/mol. The summed E-state index contributed by atoms with van der Waals surface area (Å²) in [5, 5.41) is 7.26. The third kappa shape index (κ3) is 3.09. The molecule has 1 saturated carbocycles. The topological polar surface area (TPSA) is 84.7 Å². The number of nitrogens with one attached hydrogen (secondary N) is 1. The van der Waals surface area contributed by atoms with Gasteiger partial charge in [-0.25, -0.2) is 4.98 Å². The van der Waals surface area contributed by atoms with Gasteiger partial charge in [0.2, 0.25) is 11.9 Å². The van der Waals surface area contributed by atoms with E-state index in [0.717, 1.165) is 25.5 Å². The van der Waals surface area contributed by atoms with Crippen molar-refractivity contribution in [2.75, 3.05) is 23.3 Å². The van der Waals surface area contributed by atoms with Crippen molar-refractivity contribution in [1.82, 2.24) is 29.7 Å². The van der Waals surface area contributed by atoms with Crippen LogP contribution in [0.3, 0.4) is 0 Å². The Kier molecular flexibility index (Phi) is 3.94. The van der Waals surface area contributed by atoms with Gasteiger partial charge >= 0.3 is 0 Å². The predicted molar refractivity (Wildman–Crippen MR) is 79.6 cm³/mol. The fourth-order valence-corrected chi connectivity index (χ4v) is 2.21. The van der Waals surface area contributed by atoms with Gasteiger partial charge in [-0.15, -0.1) is 0 Å². The molecule has 1 aliphatic rings. The maximum absolute atomic E-state index is 4.56. The first-order chi connectivity index (χ1) is 10.3. The Hall–Kier alpha value is -2.25. The van der Waals surface area contributed by atoms with Crippen LogP contribution in [0.2, 0.25) is 0 Å². The second-order valence-electron chi connectivity index (χ2n) is 5.05. The smallest absolute Gasteiger partial charge is 0.258 e. The van der Waals surface area contributed by atoms with Crippen molar-refractivity contribution in [2.24, 2.45) is 0 Å². The molecule has 21 heavy (non-hydrogen) atoms. The van der Waals surface area contributed by atoms with Gasteiger partial charge in [0.1, 0.15) is 12.7 Å².